The molecule has 0 fully saturated rings. The van der Waals surface area contributed by atoms with E-state index >= 15 is 0 Å². The molecule has 0 spiro atoms. The summed E-state index contributed by atoms with van der Waals surface area (Å²) < 4.78 is 6.44. The first-order valence-electron chi connectivity index (χ1n) is 6.75. The van der Waals surface area contributed by atoms with Crippen LogP contribution in [-0.4, -0.2) is 34.6 Å². The van der Waals surface area contributed by atoms with Gasteiger partial charge in [-0.05, 0) is 30.5 Å². The summed E-state index contributed by atoms with van der Waals surface area (Å²) in [6.45, 7) is 2.70. The molecule has 1 aliphatic heterocycles. The van der Waals surface area contributed by atoms with Crippen molar-refractivity contribution >= 4 is 17.5 Å². The zero-order valence-corrected chi connectivity index (χ0v) is 12.0. The maximum atomic E-state index is 11.7. The number of ether oxygens (including phenoxy) is 1. The first kappa shape index (κ1) is 13.4. The molecule has 0 amide bonds. The van der Waals surface area contributed by atoms with Gasteiger partial charge in [0, 0.05) is 12.2 Å². The Bertz CT molecular complexity index is 695. The van der Waals surface area contributed by atoms with E-state index < -0.39 is 5.97 Å². The fourth-order valence-electron chi connectivity index (χ4n) is 2.53. The maximum absolute atomic E-state index is 11.7. The number of aryl methyl sites for hydroxylation is 1. The fraction of sp³-hybridized carbons (Fsp3) is 0.357. The molecular formula is C14H17N5O2. The van der Waals surface area contributed by atoms with Crippen molar-refractivity contribution < 1.29 is 9.53 Å². The van der Waals surface area contributed by atoms with Crippen LogP contribution >= 0.6 is 0 Å². The highest BCUT2D eigenvalue weighted by Crippen LogP contribution is 2.31. The Labute approximate surface area is 122 Å². The predicted molar refractivity (Wildman–Crippen MR) is 78.2 cm³/mol. The number of anilines is 2. The minimum atomic E-state index is -0.493. The van der Waals surface area contributed by atoms with E-state index in [1.807, 2.05) is 25.1 Å². The molecule has 0 aliphatic carbocycles. The first-order valence-corrected chi connectivity index (χ1v) is 6.75. The molecule has 1 atom stereocenters. The smallest absolute Gasteiger partial charge is 0.362 e. The minimum absolute atomic E-state index is 0.00931. The van der Waals surface area contributed by atoms with Crippen LogP contribution in [0.4, 0.5) is 11.5 Å². The molecule has 7 nitrogen and oxygen atoms in total. The van der Waals surface area contributed by atoms with E-state index in [-0.39, 0.29) is 11.7 Å². The number of nitrogen functional groups attached to an aromatic ring is 1. The van der Waals surface area contributed by atoms with Gasteiger partial charge < -0.3 is 15.8 Å². The number of nitrogens with two attached hydrogens (primary N) is 1. The van der Waals surface area contributed by atoms with E-state index in [2.05, 4.69) is 15.6 Å². The summed E-state index contributed by atoms with van der Waals surface area (Å²) >= 11 is 0. The molecule has 1 unspecified atom stereocenters. The molecule has 2 aromatic rings. The second-order valence-corrected chi connectivity index (χ2v) is 5.07. The lowest BCUT2D eigenvalue weighted by molar-refractivity contribution is 0.0595. The Kier molecular flexibility index (Phi) is 3.25. The molecule has 3 rings (SSSR count). The average Bonchev–Trinajstić information content (AvgIpc) is 2.93. The number of nitrogens with zero attached hydrogens (tertiary/aromatic N) is 3. The number of esters is 1. The van der Waals surface area contributed by atoms with Gasteiger partial charge in [-0.25, -0.2) is 9.48 Å². The molecule has 2 heterocycles. The lowest BCUT2D eigenvalue weighted by atomic mass is 10.00. The van der Waals surface area contributed by atoms with Gasteiger partial charge in [0.1, 0.15) is 0 Å². The monoisotopic (exact) mass is 287 g/mol. The van der Waals surface area contributed by atoms with Crippen LogP contribution in [0.5, 0.6) is 0 Å². The standard InChI is InChI=1S/C14H17N5O2/c1-8-3-4-9(7-10(8)15)11-5-6-16-13-12(14(20)21-2)17-18-19(11)13/h3-4,7,11,16H,5-6,15H2,1-2H3. The van der Waals surface area contributed by atoms with E-state index in [4.69, 9.17) is 10.5 Å². The molecule has 1 aliphatic rings. The molecule has 7 heteroatoms. The molecule has 1 aromatic carbocycles. The number of hydrogen-bond acceptors (Lipinski definition) is 6. The van der Waals surface area contributed by atoms with E-state index in [0.717, 1.165) is 29.8 Å². The van der Waals surface area contributed by atoms with E-state index in [0.29, 0.717) is 5.82 Å². The van der Waals surface area contributed by atoms with Crippen molar-refractivity contribution in [3.05, 3.63) is 35.0 Å². The molecule has 0 saturated carbocycles. The number of methoxy groups -OCH3 is 1. The Morgan fingerprint density at radius 1 is 1.52 bits per heavy atom. The van der Waals surface area contributed by atoms with Crippen LogP contribution in [-0.2, 0) is 4.74 Å². The Hall–Kier alpha value is -2.57. The number of nitrogens with one attached hydrogen (secondary N) is 1. The molecule has 110 valence electrons. The van der Waals surface area contributed by atoms with E-state index in [1.54, 1.807) is 4.68 Å². The number of carbonyl (C=O) groups is 1. The lowest BCUT2D eigenvalue weighted by Gasteiger charge is -2.25. The largest absolute Gasteiger partial charge is 0.464 e. The van der Waals surface area contributed by atoms with Crippen LogP contribution in [0.15, 0.2) is 18.2 Å². The molecule has 3 N–H and O–H groups in total. The molecule has 21 heavy (non-hydrogen) atoms. The van der Waals surface area contributed by atoms with Gasteiger partial charge in [-0.3, -0.25) is 0 Å². The SMILES string of the molecule is COC(=O)c1nnn2c1NCCC2c1ccc(C)c(N)c1. The molecule has 0 saturated heterocycles. The van der Waals surface area contributed by atoms with Gasteiger partial charge >= 0.3 is 5.97 Å². The predicted octanol–water partition coefficient (Wildman–Crippen LogP) is 1.36. The Morgan fingerprint density at radius 3 is 3.05 bits per heavy atom. The Balaban J connectivity index is 2.03. The fourth-order valence-corrected chi connectivity index (χ4v) is 2.53. The summed E-state index contributed by atoms with van der Waals surface area (Å²) in [7, 11) is 1.33. The summed E-state index contributed by atoms with van der Waals surface area (Å²) in [6, 6.07) is 5.99. The van der Waals surface area contributed by atoms with Gasteiger partial charge in [0.15, 0.2) is 5.82 Å². The number of hydrogen-bond donors (Lipinski definition) is 2. The zero-order valence-electron chi connectivity index (χ0n) is 12.0. The molecule has 1 aromatic heterocycles. The van der Waals surface area contributed by atoms with E-state index in [1.165, 1.54) is 7.11 Å². The van der Waals surface area contributed by atoms with Gasteiger partial charge in [0.25, 0.3) is 0 Å². The Morgan fingerprint density at radius 2 is 2.33 bits per heavy atom. The summed E-state index contributed by atoms with van der Waals surface area (Å²) in [5.41, 5.74) is 9.05. The maximum Gasteiger partial charge on any atom is 0.362 e. The van der Waals surface area contributed by atoms with Gasteiger partial charge in [-0.2, -0.15) is 0 Å². The summed E-state index contributed by atoms with van der Waals surface area (Å²) in [4.78, 5) is 11.7. The van der Waals surface area contributed by atoms with Crippen LogP contribution in [0.25, 0.3) is 0 Å². The van der Waals surface area contributed by atoms with E-state index in [9.17, 15) is 4.79 Å². The third-order valence-electron chi connectivity index (χ3n) is 3.77. The van der Waals surface area contributed by atoms with Gasteiger partial charge in [0.05, 0.1) is 13.2 Å². The van der Waals surface area contributed by atoms with Crippen molar-refractivity contribution in [3.8, 4) is 0 Å². The van der Waals surface area contributed by atoms with Crippen LogP contribution in [0, 0.1) is 6.92 Å². The van der Waals surface area contributed by atoms with Crippen molar-refractivity contribution in [2.45, 2.75) is 19.4 Å². The number of carbonyl (C=O) groups excluding carboxylic acids is 1. The summed E-state index contributed by atoms with van der Waals surface area (Å²) in [6.07, 6.45) is 0.847. The van der Waals surface area contributed by atoms with Crippen molar-refractivity contribution in [2.75, 3.05) is 24.7 Å². The highest BCUT2D eigenvalue weighted by atomic mass is 16.5. The number of fused-ring (bicyclic) bond motifs is 1. The number of aromatic nitrogens is 3. The third-order valence-corrected chi connectivity index (χ3v) is 3.77. The molecule has 0 radical (unpaired) electrons. The number of benzene rings is 1. The summed E-state index contributed by atoms with van der Waals surface area (Å²) in [5, 5.41) is 11.2. The second kappa shape index (κ2) is 5.08. The molecule has 0 bridgehead atoms. The topological polar surface area (TPSA) is 95.1 Å². The van der Waals surface area contributed by atoms with Gasteiger partial charge in [0.2, 0.25) is 5.69 Å². The van der Waals surface area contributed by atoms with Crippen molar-refractivity contribution in [1.29, 1.82) is 0 Å². The highest BCUT2D eigenvalue weighted by Gasteiger charge is 2.29. The van der Waals surface area contributed by atoms with Crippen molar-refractivity contribution in [1.82, 2.24) is 15.0 Å². The highest BCUT2D eigenvalue weighted by molar-refractivity contribution is 5.92. The normalized spacial score (nSPS) is 17.0. The van der Waals surface area contributed by atoms with Crippen LogP contribution in [0.3, 0.4) is 0 Å². The molecular weight excluding hydrogens is 270 g/mol. The lowest BCUT2D eigenvalue weighted by Crippen LogP contribution is -2.25. The van der Waals surface area contributed by atoms with Crippen LogP contribution < -0.4 is 11.1 Å². The first-order chi connectivity index (χ1) is 10.1. The van der Waals surface area contributed by atoms with Gasteiger partial charge in [-0.1, -0.05) is 17.3 Å². The summed E-state index contributed by atoms with van der Waals surface area (Å²) in [5.74, 6) is 0.102. The van der Waals surface area contributed by atoms with Crippen LogP contribution in [0.1, 0.15) is 34.1 Å². The quantitative estimate of drug-likeness (QED) is 0.639. The number of rotatable bonds is 2. The van der Waals surface area contributed by atoms with Crippen LogP contribution in [0.2, 0.25) is 0 Å². The zero-order chi connectivity index (χ0) is 15.0. The average molecular weight is 287 g/mol. The third kappa shape index (κ3) is 2.20. The van der Waals surface area contributed by atoms with Crippen molar-refractivity contribution in [3.63, 3.8) is 0 Å². The minimum Gasteiger partial charge on any atom is -0.464 e. The van der Waals surface area contributed by atoms with Gasteiger partial charge in [-0.15, -0.1) is 5.10 Å². The second-order valence-electron chi connectivity index (χ2n) is 5.07. The van der Waals surface area contributed by atoms with Crippen molar-refractivity contribution in [2.24, 2.45) is 0 Å².